The van der Waals surface area contributed by atoms with Gasteiger partial charge < -0.3 is 10.6 Å². The summed E-state index contributed by atoms with van der Waals surface area (Å²) in [5.41, 5.74) is 5.96. The van der Waals surface area contributed by atoms with Crippen LogP contribution in [0.2, 0.25) is 0 Å². The minimum Gasteiger partial charge on any atom is -0.340 e. The molecule has 1 heterocycles. The van der Waals surface area contributed by atoms with Gasteiger partial charge in [0.2, 0.25) is 5.91 Å². The minimum atomic E-state index is 0.0797. The molecule has 0 radical (unpaired) electrons. The maximum atomic E-state index is 12.0. The Labute approximate surface area is 93.0 Å². The molecule has 1 aliphatic heterocycles. The molecule has 1 amide bonds. The van der Waals surface area contributed by atoms with Crippen LogP contribution in [0.4, 0.5) is 0 Å². The van der Waals surface area contributed by atoms with Crippen LogP contribution in [0.5, 0.6) is 0 Å². The number of rotatable bonds is 1. The molecule has 1 rings (SSSR count). The van der Waals surface area contributed by atoms with Gasteiger partial charge in [-0.3, -0.25) is 4.79 Å². The molecule has 15 heavy (non-hydrogen) atoms. The van der Waals surface area contributed by atoms with E-state index in [9.17, 15) is 4.79 Å². The van der Waals surface area contributed by atoms with Crippen molar-refractivity contribution in [1.29, 1.82) is 0 Å². The minimum absolute atomic E-state index is 0.0797. The third-order valence-electron chi connectivity index (χ3n) is 2.92. The number of nitrogens with zero attached hydrogens (tertiary/aromatic N) is 1. The Bertz CT molecular complexity index is 232. The Kier molecular flexibility index (Phi) is 3.77. The second kappa shape index (κ2) is 4.52. The molecule has 0 saturated carbocycles. The van der Waals surface area contributed by atoms with E-state index in [0.717, 1.165) is 19.4 Å². The van der Waals surface area contributed by atoms with Crippen molar-refractivity contribution in [2.45, 2.75) is 59.0 Å². The first kappa shape index (κ1) is 12.5. The average molecular weight is 212 g/mol. The van der Waals surface area contributed by atoms with Crippen molar-refractivity contribution in [3.05, 3.63) is 0 Å². The van der Waals surface area contributed by atoms with Gasteiger partial charge in [-0.25, -0.2) is 0 Å². The van der Waals surface area contributed by atoms with E-state index in [-0.39, 0.29) is 17.4 Å². The molecule has 1 saturated heterocycles. The highest BCUT2D eigenvalue weighted by Gasteiger charge is 2.29. The smallest absolute Gasteiger partial charge is 0.223 e. The Balaban J connectivity index is 2.53. The summed E-state index contributed by atoms with van der Waals surface area (Å²) < 4.78 is 0. The molecule has 0 aromatic carbocycles. The lowest BCUT2D eigenvalue weighted by atomic mass is 9.90. The number of likely N-dealkylation sites (tertiary alicyclic amines) is 1. The molecule has 2 N–H and O–H groups in total. The molecule has 2 unspecified atom stereocenters. The fourth-order valence-corrected chi connectivity index (χ4v) is 2.13. The van der Waals surface area contributed by atoms with Crippen LogP contribution in [-0.2, 0) is 4.79 Å². The molecule has 2 atom stereocenters. The van der Waals surface area contributed by atoms with Gasteiger partial charge in [-0.2, -0.15) is 0 Å². The molecule has 1 fully saturated rings. The maximum Gasteiger partial charge on any atom is 0.223 e. The van der Waals surface area contributed by atoms with Crippen LogP contribution >= 0.6 is 0 Å². The first-order valence-electron chi connectivity index (χ1n) is 5.84. The zero-order chi connectivity index (χ0) is 11.6. The molecule has 3 heteroatoms. The second-order valence-electron chi connectivity index (χ2n) is 5.96. The van der Waals surface area contributed by atoms with E-state index >= 15 is 0 Å². The first-order chi connectivity index (χ1) is 6.79. The normalized spacial score (nSPS) is 27.9. The van der Waals surface area contributed by atoms with E-state index < -0.39 is 0 Å². The Morgan fingerprint density at radius 3 is 2.53 bits per heavy atom. The molecule has 0 aromatic heterocycles. The number of hydrogen-bond donors (Lipinski definition) is 1. The number of carbonyl (C=O) groups is 1. The van der Waals surface area contributed by atoms with Crippen LogP contribution in [0.25, 0.3) is 0 Å². The molecule has 0 aromatic rings. The molecule has 88 valence electrons. The van der Waals surface area contributed by atoms with Crippen molar-refractivity contribution in [2.24, 2.45) is 11.1 Å². The molecule has 0 bridgehead atoms. The van der Waals surface area contributed by atoms with Crippen molar-refractivity contribution in [3.63, 3.8) is 0 Å². The summed E-state index contributed by atoms with van der Waals surface area (Å²) >= 11 is 0. The van der Waals surface area contributed by atoms with Gasteiger partial charge in [-0.05, 0) is 25.2 Å². The van der Waals surface area contributed by atoms with E-state index in [0.29, 0.717) is 12.5 Å². The largest absolute Gasteiger partial charge is 0.340 e. The molecule has 0 spiro atoms. The standard InChI is InChI=1S/C12H24N2O/c1-9-7-10(13)5-6-14(9)11(15)8-12(2,3)4/h9-10H,5-8,13H2,1-4H3. The van der Waals surface area contributed by atoms with Gasteiger partial charge in [0.05, 0.1) is 0 Å². The summed E-state index contributed by atoms with van der Waals surface area (Å²) in [7, 11) is 0. The molecule has 0 aliphatic carbocycles. The third-order valence-corrected chi connectivity index (χ3v) is 2.92. The summed E-state index contributed by atoms with van der Waals surface area (Å²) in [6.07, 6.45) is 2.52. The van der Waals surface area contributed by atoms with Crippen molar-refractivity contribution in [1.82, 2.24) is 4.90 Å². The van der Waals surface area contributed by atoms with Crippen LogP contribution in [0.15, 0.2) is 0 Å². The molecule has 3 nitrogen and oxygen atoms in total. The predicted octanol–water partition coefficient (Wildman–Crippen LogP) is 1.76. The third kappa shape index (κ3) is 3.82. The highest BCUT2D eigenvalue weighted by molar-refractivity contribution is 5.77. The van der Waals surface area contributed by atoms with Crippen LogP contribution in [0, 0.1) is 5.41 Å². The van der Waals surface area contributed by atoms with Crippen molar-refractivity contribution >= 4 is 5.91 Å². The van der Waals surface area contributed by atoms with E-state index in [1.54, 1.807) is 0 Å². The lowest BCUT2D eigenvalue weighted by Gasteiger charge is -2.37. The van der Waals surface area contributed by atoms with E-state index in [1.807, 2.05) is 4.90 Å². The summed E-state index contributed by atoms with van der Waals surface area (Å²) in [6, 6.07) is 0.585. The van der Waals surface area contributed by atoms with Gasteiger partial charge in [0.25, 0.3) is 0 Å². The quantitative estimate of drug-likeness (QED) is 0.720. The number of hydrogen-bond acceptors (Lipinski definition) is 2. The number of amides is 1. The van der Waals surface area contributed by atoms with Gasteiger partial charge in [-0.15, -0.1) is 0 Å². The topological polar surface area (TPSA) is 46.3 Å². The van der Waals surface area contributed by atoms with Crippen molar-refractivity contribution < 1.29 is 4.79 Å². The summed E-state index contributed by atoms with van der Waals surface area (Å²) in [5.74, 6) is 0.280. The number of nitrogens with two attached hydrogens (primary N) is 1. The lowest BCUT2D eigenvalue weighted by molar-refractivity contribution is -0.136. The summed E-state index contributed by atoms with van der Waals surface area (Å²) in [4.78, 5) is 14.0. The van der Waals surface area contributed by atoms with E-state index in [2.05, 4.69) is 27.7 Å². The van der Waals surface area contributed by atoms with Gasteiger partial charge >= 0.3 is 0 Å². The number of carbonyl (C=O) groups excluding carboxylic acids is 1. The van der Waals surface area contributed by atoms with E-state index in [1.165, 1.54) is 0 Å². The van der Waals surface area contributed by atoms with Crippen molar-refractivity contribution in [2.75, 3.05) is 6.54 Å². The zero-order valence-corrected chi connectivity index (χ0v) is 10.4. The second-order valence-corrected chi connectivity index (χ2v) is 5.96. The average Bonchev–Trinajstić information content (AvgIpc) is 1.99. The highest BCUT2D eigenvalue weighted by Crippen LogP contribution is 2.23. The molecular weight excluding hydrogens is 188 g/mol. The lowest BCUT2D eigenvalue weighted by Crippen LogP contribution is -2.49. The van der Waals surface area contributed by atoms with Crippen molar-refractivity contribution in [3.8, 4) is 0 Å². The van der Waals surface area contributed by atoms with Gasteiger partial charge in [0, 0.05) is 25.0 Å². The SMILES string of the molecule is CC1CC(N)CCN1C(=O)CC(C)(C)C. The fourth-order valence-electron chi connectivity index (χ4n) is 2.13. The van der Waals surface area contributed by atoms with Gasteiger partial charge in [0.1, 0.15) is 0 Å². The van der Waals surface area contributed by atoms with Crippen LogP contribution in [-0.4, -0.2) is 29.4 Å². The van der Waals surface area contributed by atoms with Gasteiger partial charge in [0.15, 0.2) is 0 Å². The summed E-state index contributed by atoms with van der Waals surface area (Å²) in [5, 5.41) is 0. The fraction of sp³-hybridized carbons (Fsp3) is 0.917. The highest BCUT2D eigenvalue weighted by atomic mass is 16.2. The molecular formula is C12H24N2O. The summed E-state index contributed by atoms with van der Waals surface area (Å²) in [6.45, 7) is 9.23. The first-order valence-corrected chi connectivity index (χ1v) is 5.84. The monoisotopic (exact) mass is 212 g/mol. The maximum absolute atomic E-state index is 12.0. The van der Waals surface area contributed by atoms with Crippen LogP contribution in [0.3, 0.4) is 0 Å². The Morgan fingerprint density at radius 2 is 2.07 bits per heavy atom. The predicted molar refractivity (Wildman–Crippen MR) is 62.5 cm³/mol. The zero-order valence-electron chi connectivity index (χ0n) is 10.4. The van der Waals surface area contributed by atoms with Gasteiger partial charge in [-0.1, -0.05) is 20.8 Å². The Morgan fingerprint density at radius 1 is 1.47 bits per heavy atom. The molecule has 1 aliphatic rings. The van der Waals surface area contributed by atoms with E-state index in [4.69, 9.17) is 5.73 Å². The van der Waals surface area contributed by atoms with Crippen LogP contribution < -0.4 is 5.73 Å². The Hall–Kier alpha value is -0.570. The van der Waals surface area contributed by atoms with Crippen LogP contribution in [0.1, 0.15) is 47.0 Å². The number of piperidine rings is 1.